The van der Waals surface area contributed by atoms with Crippen molar-refractivity contribution in [2.24, 2.45) is 10.2 Å². The molecule has 4 aromatic carbocycles. The van der Waals surface area contributed by atoms with E-state index in [9.17, 15) is 9.90 Å². The van der Waals surface area contributed by atoms with Crippen LogP contribution < -0.4 is 4.74 Å². The number of azo groups is 1. The van der Waals surface area contributed by atoms with Crippen molar-refractivity contribution < 1.29 is 14.6 Å². The molecule has 0 saturated carbocycles. The molecule has 0 radical (unpaired) electrons. The van der Waals surface area contributed by atoms with Crippen LogP contribution in [-0.2, 0) is 11.3 Å². The zero-order valence-corrected chi connectivity index (χ0v) is 18.8. The maximum absolute atomic E-state index is 12.3. The molecule has 0 aliphatic rings. The lowest BCUT2D eigenvalue weighted by Crippen LogP contribution is -2.07. The first-order valence-electron chi connectivity index (χ1n) is 10.7. The number of nitrogens with zero attached hydrogens (tertiary/aromatic N) is 3. The van der Waals surface area contributed by atoms with Crippen molar-refractivity contribution in [2.45, 2.75) is 6.54 Å². The molecule has 0 saturated heterocycles. The molecule has 1 amide bonds. The van der Waals surface area contributed by atoms with Gasteiger partial charge in [-0.2, -0.15) is 0 Å². The molecule has 0 spiro atoms. The molecule has 6 nitrogen and oxygen atoms in total. The zero-order valence-electron chi connectivity index (χ0n) is 18.1. The van der Waals surface area contributed by atoms with Crippen molar-refractivity contribution in [3.05, 3.63) is 102 Å². The van der Waals surface area contributed by atoms with Gasteiger partial charge in [-0.25, -0.2) is 0 Å². The van der Waals surface area contributed by atoms with E-state index in [1.807, 2.05) is 48.5 Å². The second-order valence-electron chi connectivity index (χ2n) is 7.75. The number of hydrogen-bond acceptors (Lipinski definition) is 4. The first kappa shape index (κ1) is 21.7. The number of fused-ring (bicyclic) bond motifs is 2. The van der Waals surface area contributed by atoms with Gasteiger partial charge >= 0.3 is 5.91 Å². The topological polar surface area (TPSA) is 76.2 Å². The van der Waals surface area contributed by atoms with E-state index in [4.69, 9.17) is 16.3 Å². The van der Waals surface area contributed by atoms with Gasteiger partial charge in [0.1, 0.15) is 5.75 Å². The number of halogens is 1. The highest BCUT2D eigenvalue weighted by atomic mass is 35.5. The molecule has 0 bridgehead atoms. The molecule has 168 valence electrons. The second kappa shape index (κ2) is 9.37. The fourth-order valence-electron chi connectivity index (χ4n) is 3.97. The van der Waals surface area contributed by atoms with Crippen molar-refractivity contribution in [2.75, 3.05) is 6.61 Å². The normalized spacial score (nSPS) is 11.4. The summed E-state index contributed by atoms with van der Waals surface area (Å²) in [7, 11) is 0. The maximum Gasteiger partial charge on any atom is 0.302 e. The number of carbonyl (C=O) groups is 1. The third-order valence-corrected chi connectivity index (χ3v) is 5.78. The molecule has 34 heavy (non-hydrogen) atoms. The third kappa shape index (κ3) is 4.36. The van der Waals surface area contributed by atoms with E-state index >= 15 is 0 Å². The van der Waals surface area contributed by atoms with E-state index in [-0.39, 0.29) is 18.2 Å². The summed E-state index contributed by atoms with van der Waals surface area (Å²) in [6.45, 7) is 0.147. The van der Waals surface area contributed by atoms with Gasteiger partial charge in [-0.15, -0.1) is 10.2 Å². The van der Waals surface area contributed by atoms with Gasteiger partial charge in [0, 0.05) is 10.4 Å². The van der Waals surface area contributed by atoms with Crippen molar-refractivity contribution in [3.8, 4) is 11.6 Å². The summed E-state index contributed by atoms with van der Waals surface area (Å²) in [5.41, 5.74) is 2.10. The molecule has 0 atom stereocenters. The number of hydrogen-bond donors (Lipinski definition) is 1. The van der Waals surface area contributed by atoms with E-state index in [2.05, 4.69) is 28.4 Å². The van der Waals surface area contributed by atoms with Crippen LogP contribution in [0, 0.1) is 0 Å². The Kier molecular flexibility index (Phi) is 5.97. The average molecular weight is 470 g/mol. The Morgan fingerprint density at radius 1 is 0.912 bits per heavy atom. The van der Waals surface area contributed by atoms with Gasteiger partial charge < -0.3 is 14.4 Å². The number of rotatable bonds is 6. The standard InChI is InChI=1S/C27H20ClN3O3/c28-20-10-6-11-21(15-20)34-17-25(32)29-30-26-23-13-3-4-14-24(23)31(27(26)33)16-19-9-5-8-18-7-1-2-12-22(18)19/h1-15,33H,16-17H2. The monoisotopic (exact) mass is 469 g/mol. The van der Waals surface area contributed by atoms with Crippen LogP contribution in [0.4, 0.5) is 5.69 Å². The minimum Gasteiger partial charge on any atom is -0.493 e. The number of ether oxygens (including phenoxy) is 1. The lowest BCUT2D eigenvalue weighted by atomic mass is 10.0. The van der Waals surface area contributed by atoms with Crippen LogP contribution in [0.25, 0.3) is 21.7 Å². The van der Waals surface area contributed by atoms with Crippen LogP contribution in [0.5, 0.6) is 11.6 Å². The van der Waals surface area contributed by atoms with E-state index in [0.717, 1.165) is 21.9 Å². The van der Waals surface area contributed by atoms with Crippen LogP contribution in [-0.4, -0.2) is 22.2 Å². The Balaban J connectivity index is 1.43. The highest BCUT2D eigenvalue weighted by Crippen LogP contribution is 2.39. The maximum atomic E-state index is 12.3. The Hall–Kier alpha value is -4.16. The predicted molar refractivity (Wildman–Crippen MR) is 133 cm³/mol. The molecule has 5 rings (SSSR count). The van der Waals surface area contributed by atoms with E-state index < -0.39 is 5.91 Å². The Bertz CT molecular complexity index is 1540. The second-order valence-corrected chi connectivity index (χ2v) is 8.19. The fraction of sp³-hybridized carbons (Fsp3) is 0.0741. The summed E-state index contributed by atoms with van der Waals surface area (Å²) >= 11 is 5.93. The zero-order chi connectivity index (χ0) is 23.5. The molecular weight excluding hydrogens is 450 g/mol. The number of aromatic nitrogens is 1. The molecule has 0 fully saturated rings. The largest absolute Gasteiger partial charge is 0.493 e. The Morgan fingerprint density at radius 3 is 2.50 bits per heavy atom. The number of carbonyl (C=O) groups excluding carboxylic acids is 1. The number of benzene rings is 4. The van der Waals surface area contributed by atoms with Gasteiger partial charge in [0.25, 0.3) is 0 Å². The number of para-hydroxylation sites is 1. The van der Waals surface area contributed by atoms with E-state index in [0.29, 0.717) is 22.7 Å². The van der Waals surface area contributed by atoms with Crippen LogP contribution in [0.1, 0.15) is 5.56 Å². The van der Waals surface area contributed by atoms with Crippen molar-refractivity contribution >= 4 is 44.9 Å². The van der Waals surface area contributed by atoms with E-state index in [1.54, 1.807) is 28.8 Å². The molecule has 7 heteroatoms. The van der Waals surface area contributed by atoms with E-state index in [1.165, 1.54) is 0 Å². The highest BCUT2D eigenvalue weighted by Gasteiger charge is 2.17. The smallest absolute Gasteiger partial charge is 0.302 e. The fourth-order valence-corrected chi connectivity index (χ4v) is 4.15. The SMILES string of the molecule is O=C(COc1cccc(Cl)c1)N=Nc1c(O)n(Cc2cccc3ccccc23)c2ccccc12. The van der Waals surface area contributed by atoms with Crippen LogP contribution in [0.15, 0.2) is 101 Å². The van der Waals surface area contributed by atoms with Crippen molar-refractivity contribution in [1.82, 2.24) is 4.57 Å². The lowest BCUT2D eigenvalue weighted by molar-refractivity contribution is -0.120. The minimum absolute atomic E-state index is 0.0542. The molecule has 1 N–H and O–H groups in total. The highest BCUT2D eigenvalue weighted by molar-refractivity contribution is 6.30. The van der Waals surface area contributed by atoms with Crippen molar-refractivity contribution in [1.29, 1.82) is 0 Å². The van der Waals surface area contributed by atoms with Gasteiger partial charge in [0.15, 0.2) is 12.3 Å². The summed E-state index contributed by atoms with van der Waals surface area (Å²) in [5.74, 6) is -0.169. The minimum atomic E-state index is -0.578. The summed E-state index contributed by atoms with van der Waals surface area (Å²) < 4.78 is 7.20. The van der Waals surface area contributed by atoms with Crippen molar-refractivity contribution in [3.63, 3.8) is 0 Å². The first-order valence-corrected chi connectivity index (χ1v) is 11.1. The van der Waals surface area contributed by atoms with Gasteiger partial charge in [0.05, 0.1) is 12.1 Å². The van der Waals surface area contributed by atoms with Crippen LogP contribution in [0.2, 0.25) is 5.02 Å². The Morgan fingerprint density at radius 2 is 1.65 bits per heavy atom. The molecule has 0 aliphatic heterocycles. The number of amides is 1. The first-order chi connectivity index (χ1) is 16.6. The summed E-state index contributed by atoms with van der Waals surface area (Å²) in [5, 5.41) is 22.4. The predicted octanol–water partition coefficient (Wildman–Crippen LogP) is 6.89. The van der Waals surface area contributed by atoms with Crippen LogP contribution >= 0.6 is 11.6 Å². The summed E-state index contributed by atoms with van der Waals surface area (Å²) in [6.07, 6.45) is 0. The molecule has 1 aromatic heterocycles. The molecule has 0 unspecified atom stereocenters. The molecular formula is C27H20ClN3O3. The third-order valence-electron chi connectivity index (χ3n) is 5.55. The molecule has 0 aliphatic carbocycles. The van der Waals surface area contributed by atoms with Gasteiger partial charge in [-0.05, 0) is 40.6 Å². The van der Waals surface area contributed by atoms with Gasteiger partial charge in [-0.1, -0.05) is 78.3 Å². The lowest BCUT2D eigenvalue weighted by Gasteiger charge is -2.10. The van der Waals surface area contributed by atoms with Gasteiger partial charge in [0.2, 0.25) is 5.88 Å². The number of aromatic hydroxyl groups is 1. The molecule has 5 aromatic rings. The Labute approximate surface area is 200 Å². The summed E-state index contributed by atoms with van der Waals surface area (Å²) in [4.78, 5) is 12.3. The average Bonchev–Trinajstić information content (AvgIpc) is 3.12. The van der Waals surface area contributed by atoms with Gasteiger partial charge in [-0.3, -0.25) is 4.79 Å². The summed E-state index contributed by atoms with van der Waals surface area (Å²) in [6, 6.07) is 28.5. The quantitative estimate of drug-likeness (QED) is 0.275. The molecule has 1 heterocycles. The van der Waals surface area contributed by atoms with Crippen LogP contribution in [0.3, 0.4) is 0 Å².